The van der Waals surface area contributed by atoms with Crippen molar-refractivity contribution in [1.82, 2.24) is 10.4 Å². The van der Waals surface area contributed by atoms with E-state index in [-0.39, 0.29) is 11.7 Å². The highest BCUT2D eigenvalue weighted by molar-refractivity contribution is 5.94. The number of Topliss-reactive ketones (excluding diaryl/α,β-unsaturated/α-hetero) is 1. The third-order valence-corrected chi connectivity index (χ3v) is 7.11. The van der Waals surface area contributed by atoms with Gasteiger partial charge < -0.3 is 5.11 Å². The Bertz CT molecular complexity index is 688. The van der Waals surface area contributed by atoms with Gasteiger partial charge in [0.25, 0.3) is 0 Å². The zero-order valence-corrected chi connectivity index (χ0v) is 17.4. The Labute approximate surface area is 168 Å². The molecule has 2 bridgehead atoms. The lowest BCUT2D eigenvalue weighted by molar-refractivity contribution is -0.151. The summed E-state index contributed by atoms with van der Waals surface area (Å²) in [6.45, 7) is 3.70. The second-order valence-electron chi connectivity index (χ2n) is 8.77. The lowest BCUT2D eigenvalue weighted by Gasteiger charge is -2.45. The number of nitrogens with zero attached hydrogens (tertiary/aromatic N) is 1. The highest BCUT2D eigenvalue weighted by Crippen LogP contribution is 2.41. The Kier molecular flexibility index (Phi) is 6.56. The number of carbonyl (C=O) groups is 2. The quantitative estimate of drug-likeness (QED) is 0.773. The number of carbonyl (C=O) groups excluding carboxylic acids is 1. The molecule has 5 heteroatoms. The van der Waals surface area contributed by atoms with Crippen LogP contribution in [0.1, 0.15) is 70.3 Å². The molecule has 0 saturated carbocycles. The molecule has 5 atom stereocenters. The molecule has 2 saturated heterocycles. The number of fused-ring (bicyclic) bond motifs is 3. The van der Waals surface area contributed by atoms with Crippen molar-refractivity contribution in [2.24, 2.45) is 11.8 Å². The standard InChI is InChI=1S/C23H34N2O3/c1-16(18-10-5-4-6-11-18)20(17(2)22(27)28)21(26)23-14-8-7-12-19(13-9-15-23)24-25(23)3/h4-6,10-11,16-17,19-20,24H,7-9,12-15H2,1-3H3,(H,27,28). The molecule has 3 rings (SSSR count). The highest BCUT2D eigenvalue weighted by atomic mass is 16.4. The minimum Gasteiger partial charge on any atom is -0.481 e. The topological polar surface area (TPSA) is 69.6 Å². The molecular formula is C23H34N2O3. The number of rotatable bonds is 6. The van der Waals surface area contributed by atoms with Crippen molar-refractivity contribution in [2.75, 3.05) is 7.05 Å². The summed E-state index contributed by atoms with van der Waals surface area (Å²) in [7, 11) is 1.98. The van der Waals surface area contributed by atoms with E-state index in [0.717, 1.165) is 50.5 Å². The molecular weight excluding hydrogens is 352 g/mol. The van der Waals surface area contributed by atoms with E-state index in [1.807, 2.05) is 49.3 Å². The number of hydrogen-bond donors (Lipinski definition) is 2. The molecule has 0 radical (unpaired) electrons. The number of aliphatic carboxylic acids is 1. The summed E-state index contributed by atoms with van der Waals surface area (Å²) in [5, 5.41) is 11.8. The van der Waals surface area contributed by atoms with Gasteiger partial charge in [0.15, 0.2) is 5.78 Å². The Balaban J connectivity index is 2.00. The van der Waals surface area contributed by atoms with Crippen molar-refractivity contribution in [2.45, 2.75) is 76.3 Å². The van der Waals surface area contributed by atoms with Crippen molar-refractivity contribution in [3.63, 3.8) is 0 Å². The van der Waals surface area contributed by atoms with E-state index in [2.05, 4.69) is 5.43 Å². The van der Waals surface area contributed by atoms with E-state index in [1.165, 1.54) is 0 Å². The number of carboxylic acids is 1. The van der Waals surface area contributed by atoms with Gasteiger partial charge in [-0.3, -0.25) is 15.0 Å². The van der Waals surface area contributed by atoms with E-state index >= 15 is 0 Å². The lowest BCUT2D eigenvalue weighted by atomic mass is 9.68. The maximum absolute atomic E-state index is 14.1. The summed E-state index contributed by atoms with van der Waals surface area (Å²) in [5.74, 6) is -2.23. The van der Waals surface area contributed by atoms with Gasteiger partial charge in [-0.1, -0.05) is 57.0 Å². The number of hydrogen-bond acceptors (Lipinski definition) is 4. The fourth-order valence-electron chi connectivity index (χ4n) is 5.31. The monoisotopic (exact) mass is 386 g/mol. The summed E-state index contributed by atoms with van der Waals surface area (Å²) in [5.41, 5.74) is 3.98. The normalized spacial score (nSPS) is 29.2. The second kappa shape index (κ2) is 8.75. The smallest absolute Gasteiger partial charge is 0.306 e. The SMILES string of the molecule is CC(C(=O)O)C(C(=O)C12CCCCC(CCC1)NN2C)C(C)c1ccccc1. The average Bonchev–Trinajstić information content (AvgIpc) is 2.76. The van der Waals surface area contributed by atoms with Crippen LogP contribution in [0, 0.1) is 11.8 Å². The second-order valence-corrected chi connectivity index (χ2v) is 8.77. The number of hydrazine groups is 1. The zero-order valence-electron chi connectivity index (χ0n) is 17.4. The summed E-state index contributed by atoms with van der Waals surface area (Å²) >= 11 is 0. The highest BCUT2D eigenvalue weighted by Gasteiger charge is 2.50. The van der Waals surface area contributed by atoms with Gasteiger partial charge in [0.05, 0.1) is 11.5 Å². The third kappa shape index (κ3) is 4.01. The molecule has 2 N–H and O–H groups in total. The lowest BCUT2D eigenvalue weighted by Crippen LogP contribution is -2.62. The van der Waals surface area contributed by atoms with Crippen molar-refractivity contribution in [3.05, 3.63) is 35.9 Å². The number of carboxylic acid groups (broad SMARTS) is 1. The van der Waals surface area contributed by atoms with E-state index in [4.69, 9.17) is 0 Å². The zero-order chi connectivity index (χ0) is 20.3. The van der Waals surface area contributed by atoms with E-state index < -0.39 is 23.3 Å². The average molecular weight is 387 g/mol. The maximum atomic E-state index is 14.1. The van der Waals surface area contributed by atoms with Gasteiger partial charge in [0.2, 0.25) is 0 Å². The van der Waals surface area contributed by atoms with Gasteiger partial charge in [-0.05, 0) is 43.6 Å². The fraction of sp³-hybridized carbons (Fsp3) is 0.652. The van der Waals surface area contributed by atoms with Crippen molar-refractivity contribution < 1.29 is 14.7 Å². The van der Waals surface area contributed by atoms with Crippen LogP contribution in [0.5, 0.6) is 0 Å². The molecule has 2 heterocycles. The summed E-state index contributed by atoms with van der Waals surface area (Å²) in [6.07, 6.45) is 6.96. The van der Waals surface area contributed by atoms with Crippen LogP contribution in [0.2, 0.25) is 0 Å². The molecule has 2 aliphatic rings. The summed E-state index contributed by atoms with van der Waals surface area (Å²) in [6, 6.07) is 10.3. The Morgan fingerprint density at radius 1 is 1.11 bits per heavy atom. The first-order valence-corrected chi connectivity index (χ1v) is 10.7. The molecule has 2 aliphatic heterocycles. The van der Waals surface area contributed by atoms with Crippen LogP contribution in [-0.4, -0.2) is 40.5 Å². The molecule has 28 heavy (non-hydrogen) atoms. The summed E-state index contributed by atoms with van der Waals surface area (Å²) in [4.78, 5) is 26.1. The Morgan fingerprint density at radius 3 is 2.43 bits per heavy atom. The van der Waals surface area contributed by atoms with Crippen LogP contribution in [0.25, 0.3) is 0 Å². The predicted molar refractivity (Wildman–Crippen MR) is 110 cm³/mol. The molecule has 0 aromatic heterocycles. The molecule has 1 aromatic carbocycles. The molecule has 2 fully saturated rings. The van der Waals surface area contributed by atoms with Gasteiger partial charge in [-0.25, -0.2) is 5.01 Å². The molecule has 0 amide bonds. The van der Waals surface area contributed by atoms with E-state index in [1.54, 1.807) is 6.92 Å². The number of benzene rings is 1. The molecule has 5 unspecified atom stereocenters. The molecule has 154 valence electrons. The van der Waals surface area contributed by atoms with Crippen molar-refractivity contribution in [3.8, 4) is 0 Å². The first kappa shape index (κ1) is 21.0. The maximum Gasteiger partial charge on any atom is 0.306 e. The molecule has 0 spiro atoms. The first-order valence-electron chi connectivity index (χ1n) is 10.7. The van der Waals surface area contributed by atoms with E-state index in [0.29, 0.717) is 6.04 Å². The number of ketones is 1. The predicted octanol–water partition coefficient (Wildman–Crippen LogP) is 4.00. The summed E-state index contributed by atoms with van der Waals surface area (Å²) < 4.78 is 0. The van der Waals surface area contributed by atoms with E-state index in [9.17, 15) is 14.7 Å². The Morgan fingerprint density at radius 2 is 1.75 bits per heavy atom. The van der Waals surface area contributed by atoms with Crippen LogP contribution < -0.4 is 5.43 Å². The molecule has 1 aromatic rings. The number of nitrogens with one attached hydrogen (secondary N) is 1. The van der Waals surface area contributed by atoms with Crippen molar-refractivity contribution in [1.29, 1.82) is 0 Å². The molecule has 0 aliphatic carbocycles. The first-order chi connectivity index (χ1) is 13.4. The van der Waals surface area contributed by atoms with Crippen LogP contribution in [-0.2, 0) is 9.59 Å². The fourth-order valence-corrected chi connectivity index (χ4v) is 5.31. The molecule has 5 nitrogen and oxygen atoms in total. The van der Waals surface area contributed by atoms with Crippen LogP contribution in [0.15, 0.2) is 30.3 Å². The minimum absolute atomic E-state index is 0.0938. The number of likely N-dealkylation sites (N-methyl/N-ethyl adjacent to an activating group) is 1. The third-order valence-electron chi connectivity index (χ3n) is 7.11. The van der Waals surface area contributed by atoms with Gasteiger partial charge in [-0.2, -0.15) is 0 Å². The van der Waals surface area contributed by atoms with Gasteiger partial charge >= 0.3 is 5.97 Å². The van der Waals surface area contributed by atoms with Gasteiger partial charge in [0, 0.05) is 19.0 Å². The van der Waals surface area contributed by atoms with Crippen LogP contribution >= 0.6 is 0 Å². The van der Waals surface area contributed by atoms with Crippen molar-refractivity contribution >= 4 is 11.8 Å². The largest absolute Gasteiger partial charge is 0.481 e. The van der Waals surface area contributed by atoms with Crippen LogP contribution in [0.3, 0.4) is 0 Å². The minimum atomic E-state index is -0.898. The van der Waals surface area contributed by atoms with Gasteiger partial charge in [0.1, 0.15) is 0 Å². The Hall–Kier alpha value is -1.72. The van der Waals surface area contributed by atoms with Gasteiger partial charge in [-0.15, -0.1) is 0 Å². The van der Waals surface area contributed by atoms with Crippen LogP contribution in [0.4, 0.5) is 0 Å².